The van der Waals surface area contributed by atoms with E-state index in [2.05, 4.69) is 6.92 Å². The van der Waals surface area contributed by atoms with E-state index in [-0.39, 0.29) is 0 Å². The molecule has 0 nitrogen and oxygen atoms in total. The van der Waals surface area contributed by atoms with Gasteiger partial charge >= 0.3 is 0 Å². The van der Waals surface area contributed by atoms with Crippen molar-refractivity contribution in [2.75, 3.05) is 0 Å². The van der Waals surface area contributed by atoms with E-state index in [9.17, 15) is 0 Å². The number of rotatable bonds is 5. The molecule has 0 heterocycles. The van der Waals surface area contributed by atoms with Crippen LogP contribution >= 0.6 is 23.2 Å². The third-order valence-corrected chi connectivity index (χ3v) is 2.80. The molecular formula is C12H15Cl2. The summed E-state index contributed by atoms with van der Waals surface area (Å²) in [5, 5.41) is 1.49. The molecule has 1 radical (unpaired) electrons. The fraction of sp³-hybridized carbons (Fsp3) is 0.417. The van der Waals surface area contributed by atoms with Gasteiger partial charge in [-0.2, -0.15) is 0 Å². The standard InChI is InChI=1S/C12H15Cl2/c1-2-3-4-5-6-10-7-8-11(13)9-12(10)14/h7-9H,1-6H2. The van der Waals surface area contributed by atoms with Gasteiger partial charge in [-0.3, -0.25) is 0 Å². The monoisotopic (exact) mass is 229 g/mol. The summed E-state index contributed by atoms with van der Waals surface area (Å²) in [5.74, 6) is 0. The van der Waals surface area contributed by atoms with Crippen molar-refractivity contribution in [3.05, 3.63) is 40.7 Å². The minimum absolute atomic E-state index is 0.705. The zero-order valence-electron chi connectivity index (χ0n) is 8.23. The molecule has 0 saturated heterocycles. The molecular weight excluding hydrogens is 215 g/mol. The molecule has 0 aromatic heterocycles. The van der Waals surface area contributed by atoms with Crippen molar-refractivity contribution in [1.82, 2.24) is 0 Å². The summed E-state index contributed by atoms with van der Waals surface area (Å²) < 4.78 is 0. The van der Waals surface area contributed by atoms with Crippen LogP contribution < -0.4 is 0 Å². The van der Waals surface area contributed by atoms with Crippen LogP contribution in [0, 0.1) is 6.92 Å². The Morgan fingerprint density at radius 2 is 1.86 bits per heavy atom. The van der Waals surface area contributed by atoms with Gasteiger partial charge in [0.1, 0.15) is 0 Å². The van der Waals surface area contributed by atoms with Gasteiger partial charge in [0.05, 0.1) is 0 Å². The van der Waals surface area contributed by atoms with Gasteiger partial charge < -0.3 is 0 Å². The molecule has 0 bridgehead atoms. The zero-order valence-corrected chi connectivity index (χ0v) is 9.74. The summed E-state index contributed by atoms with van der Waals surface area (Å²) in [6.07, 6.45) is 5.66. The molecule has 14 heavy (non-hydrogen) atoms. The Bertz CT molecular complexity index is 282. The van der Waals surface area contributed by atoms with E-state index in [1.807, 2.05) is 12.1 Å². The molecule has 1 aromatic rings. The van der Waals surface area contributed by atoms with E-state index in [1.54, 1.807) is 6.07 Å². The first-order valence-corrected chi connectivity index (χ1v) is 5.73. The smallest absolute Gasteiger partial charge is 0.0452 e. The van der Waals surface area contributed by atoms with Gasteiger partial charge in [0, 0.05) is 10.0 Å². The molecule has 0 aliphatic carbocycles. The second kappa shape index (κ2) is 6.31. The maximum Gasteiger partial charge on any atom is 0.0452 e. The molecule has 0 unspecified atom stereocenters. The molecule has 0 amide bonds. The number of aryl methyl sites for hydroxylation is 1. The predicted octanol–water partition coefficient (Wildman–Crippen LogP) is 4.93. The molecule has 1 aromatic carbocycles. The van der Waals surface area contributed by atoms with Crippen LogP contribution in [0.2, 0.25) is 10.0 Å². The highest BCUT2D eigenvalue weighted by Gasteiger charge is 2.00. The number of halogens is 2. The Morgan fingerprint density at radius 1 is 1.07 bits per heavy atom. The Balaban J connectivity index is 2.42. The van der Waals surface area contributed by atoms with Crippen molar-refractivity contribution < 1.29 is 0 Å². The third kappa shape index (κ3) is 3.89. The van der Waals surface area contributed by atoms with Gasteiger partial charge in [0.2, 0.25) is 0 Å². The molecule has 0 aliphatic heterocycles. The Hall–Kier alpha value is -0.200. The minimum atomic E-state index is 0.705. The van der Waals surface area contributed by atoms with Crippen molar-refractivity contribution in [3.8, 4) is 0 Å². The first kappa shape index (κ1) is 11.9. The lowest BCUT2D eigenvalue weighted by molar-refractivity contribution is 0.686. The van der Waals surface area contributed by atoms with Gasteiger partial charge in [0.25, 0.3) is 0 Å². The maximum atomic E-state index is 6.05. The summed E-state index contributed by atoms with van der Waals surface area (Å²) in [7, 11) is 0. The maximum absolute atomic E-state index is 6.05. The van der Waals surface area contributed by atoms with E-state index >= 15 is 0 Å². The van der Waals surface area contributed by atoms with Crippen LogP contribution in [0.4, 0.5) is 0 Å². The van der Waals surface area contributed by atoms with Crippen molar-refractivity contribution in [2.45, 2.75) is 32.1 Å². The largest absolute Gasteiger partial charge is 0.0843 e. The summed E-state index contributed by atoms with van der Waals surface area (Å²) in [6, 6.07) is 5.71. The van der Waals surface area contributed by atoms with Crippen LogP contribution in [0.1, 0.15) is 31.2 Å². The second-order valence-electron chi connectivity index (χ2n) is 3.40. The van der Waals surface area contributed by atoms with Crippen LogP contribution in [-0.4, -0.2) is 0 Å². The van der Waals surface area contributed by atoms with Crippen LogP contribution in [0.3, 0.4) is 0 Å². The van der Waals surface area contributed by atoms with E-state index in [0.29, 0.717) is 5.02 Å². The molecule has 77 valence electrons. The molecule has 0 N–H and O–H groups in total. The Labute approximate surface area is 96.2 Å². The average molecular weight is 230 g/mol. The highest BCUT2D eigenvalue weighted by atomic mass is 35.5. The molecule has 2 heteroatoms. The van der Waals surface area contributed by atoms with Crippen molar-refractivity contribution in [3.63, 3.8) is 0 Å². The van der Waals surface area contributed by atoms with E-state index in [1.165, 1.54) is 24.8 Å². The van der Waals surface area contributed by atoms with Gasteiger partial charge in [-0.25, -0.2) is 0 Å². The van der Waals surface area contributed by atoms with Crippen molar-refractivity contribution in [1.29, 1.82) is 0 Å². The van der Waals surface area contributed by atoms with Crippen LogP contribution in [0.25, 0.3) is 0 Å². The van der Waals surface area contributed by atoms with Crippen LogP contribution in [0.5, 0.6) is 0 Å². The molecule has 0 saturated carbocycles. The quantitative estimate of drug-likeness (QED) is 0.629. The van der Waals surface area contributed by atoms with E-state index in [0.717, 1.165) is 17.9 Å². The first-order chi connectivity index (χ1) is 6.74. The van der Waals surface area contributed by atoms with Gasteiger partial charge in [-0.15, -0.1) is 0 Å². The normalized spacial score (nSPS) is 10.5. The topological polar surface area (TPSA) is 0 Å². The highest BCUT2D eigenvalue weighted by Crippen LogP contribution is 2.22. The average Bonchev–Trinajstić information content (AvgIpc) is 2.15. The molecule has 0 atom stereocenters. The van der Waals surface area contributed by atoms with E-state index in [4.69, 9.17) is 23.2 Å². The van der Waals surface area contributed by atoms with Crippen molar-refractivity contribution in [2.24, 2.45) is 0 Å². The summed E-state index contributed by atoms with van der Waals surface area (Å²) in [6.45, 7) is 3.82. The van der Waals surface area contributed by atoms with Gasteiger partial charge in [-0.05, 0) is 30.5 Å². The molecule has 1 rings (SSSR count). The lowest BCUT2D eigenvalue weighted by Crippen LogP contribution is -1.87. The Kier molecular flexibility index (Phi) is 5.36. The number of hydrogen-bond donors (Lipinski definition) is 0. The third-order valence-electron chi connectivity index (χ3n) is 2.21. The van der Waals surface area contributed by atoms with Crippen LogP contribution in [-0.2, 0) is 6.42 Å². The fourth-order valence-corrected chi connectivity index (χ4v) is 1.90. The zero-order chi connectivity index (χ0) is 10.4. The summed E-state index contributed by atoms with van der Waals surface area (Å²) >= 11 is 11.9. The summed E-state index contributed by atoms with van der Waals surface area (Å²) in [4.78, 5) is 0. The number of unbranched alkanes of at least 4 members (excludes halogenated alkanes) is 3. The van der Waals surface area contributed by atoms with E-state index < -0.39 is 0 Å². The molecule has 0 fully saturated rings. The van der Waals surface area contributed by atoms with Crippen LogP contribution in [0.15, 0.2) is 18.2 Å². The van der Waals surface area contributed by atoms with Gasteiger partial charge in [-0.1, -0.05) is 55.5 Å². The first-order valence-electron chi connectivity index (χ1n) is 4.97. The lowest BCUT2D eigenvalue weighted by Gasteiger charge is -2.04. The minimum Gasteiger partial charge on any atom is -0.0843 e. The predicted molar refractivity (Wildman–Crippen MR) is 64.0 cm³/mol. The molecule has 0 spiro atoms. The SMILES string of the molecule is [CH2]CCCCCc1ccc(Cl)cc1Cl. The highest BCUT2D eigenvalue weighted by molar-refractivity contribution is 6.35. The fourth-order valence-electron chi connectivity index (χ4n) is 1.39. The van der Waals surface area contributed by atoms with Crippen molar-refractivity contribution >= 4 is 23.2 Å². The molecule has 0 aliphatic rings. The Morgan fingerprint density at radius 3 is 2.50 bits per heavy atom. The number of hydrogen-bond acceptors (Lipinski definition) is 0. The second-order valence-corrected chi connectivity index (χ2v) is 4.24. The summed E-state index contributed by atoms with van der Waals surface area (Å²) in [5.41, 5.74) is 1.19. The number of benzene rings is 1. The van der Waals surface area contributed by atoms with Gasteiger partial charge in [0.15, 0.2) is 0 Å². The lowest BCUT2D eigenvalue weighted by atomic mass is 10.1.